The zero-order valence-electron chi connectivity index (χ0n) is 14.6. The van der Waals surface area contributed by atoms with Crippen molar-refractivity contribution in [1.29, 1.82) is 0 Å². The molecule has 6 heteroatoms. The summed E-state index contributed by atoms with van der Waals surface area (Å²) in [5.41, 5.74) is 2.65. The van der Waals surface area contributed by atoms with E-state index in [0.717, 1.165) is 11.1 Å². The van der Waals surface area contributed by atoms with Gasteiger partial charge in [0.2, 0.25) is 5.91 Å². The predicted octanol–water partition coefficient (Wildman–Crippen LogP) is 3.70. The molecule has 1 heterocycles. The molecule has 0 spiro atoms. The van der Waals surface area contributed by atoms with Crippen LogP contribution in [-0.4, -0.2) is 16.8 Å². The van der Waals surface area contributed by atoms with Gasteiger partial charge in [-0.15, -0.1) is 0 Å². The minimum Gasteiger partial charge on any atom is -0.341 e. The van der Waals surface area contributed by atoms with Crippen molar-refractivity contribution < 1.29 is 14.0 Å². The molecule has 0 saturated heterocycles. The van der Waals surface area contributed by atoms with E-state index in [2.05, 4.69) is 15.6 Å². The molecule has 0 radical (unpaired) electrons. The van der Waals surface area contributed by atoms with Gasteiger partial charge in [-0.1, -0.05) is 12.1 Å². The number of hydrogen-bond donors (Lipinski definition) is 2. The van der Waals surface area contributed by atoms with Gasteiger partial charge in [-0.3, -0.25) is 14.6 Å². The number of nitrogens with one attached hydrogen (secondary N) is 2. The second kappa shape index (κ2) is 8.23. The first-order chi connectivity index (χ1) is 13.0. The summed E-state index contributed by atoms with van der Waals surface area (Å²) < 4.78 is 13.3. The third-order valence-corrected chi connectivity index (χ3v) is 3.99. The van der Waals surface area contributed by atoms with Gasteiger partial charge in [0.15, 0.2) is 0 Å². The molecule has 3 aromatic rings. The second-order valence-corrected chi connectivity index (χ2v) is 6.00. The predicted molar refractivity (Wildman–Crippen MR) is 101 cm³/mol. The lowest BCUT2D eigenvalue weighted by Gasteiger charge is -2.20. The first-order valence-corrected chi connectivity index (χ1v) is 8.37. The Kier molecular flexibility index (Phi) is 5.56. The Bertz CT molecular complexity index is 926. The number of pyridine rings is 1. The van der Waals surface area contributed by atoms with Crippen molar-refractivity contribution in [2.45, 2.75) is 13.0 Å². The number of anilines is 1. The fourth-order valence-electron chi connectivity index (χ4n) is 2.69. The van der Waals surface area contributed by atoms with Crippen molar-refractivity contribution in [3.05, 3.63) is 95.6 Å². The molecule has 3 rings (SSSR count). The van der Waals surface area contributed by atoms with Crippen molar-refractivity contribution in [2.75, 3.05) is 5.32 Å². The van der Waals surface area contributed by atoms with Gasteiger partial charge in [-0.05, 0) is 59.7 Å². The van der Waals surface area contributed by atoms with Crippen molar-refractivity contribution in [1.82, 2.24) is 10.3 Å². The number of benzene rings is 2. The Labute approximate surface area is 156 Å². The molecule has 2 amide bonds. The number of aromatic nitrogens is 1. The summed E-state index contributed by atoms with van der Waals surface area (Å²) in [4.78, 5) is 27.8. The maximum atomic E-state index is 13.3. The Morgan fingerprint density at radius 1 is 0.889 bits per heavy atom. The van der Waals surface area contributed by atoms with Crippen molar-refractivity contribution >= 4 is 17.5 Å². The van der Waals surface area contributed by atoms with Crippen LogP contribution in [0, 0.1) is 5.82 Å². The van der Waals surface area contributed by atoms with Gasteiger partial charge in [0.05, 0.1) is 6.04 Å². The molecule has 27 heavy (non-hydrogen) atoms. The average molecular weight is 363 g/mol. The van der Waals surface area contributed by atoms with Gasteiger partial charge in [-0.25, -0.2) is 4.39 Å². The van der Waals surface area contributed by atoms with Crippen LogP contribution in [0.2, 0.25) is 0 Å². The van der Waals surface area contributed by atoms with Crippen LogP contribution < -0.4 is 10.6 Å². The molecule has 136 valence electrons. The fraction of sp³-hybridized carbons (Fsp3) is 0.0952. The first kappa shape index (κ1) is 18.3. The van der Waals surface area contributed by atoms with Crippen LogP contribution >= 0.6 is 0 Å². The van der Waals surface area contributed by atoms with Crippen LogP contribution in [-0.2, 0) is 4.79 Å². The summed E-state index contributed by atoms with van der Waals surface area (Å²) in [5.74, 6) is -0.802. The number of nitrogens with zero attached hydrogens (tertiary/aromatic N) is 1. The normalized spacial score (nSPS) is 11.5. The summed E-state index contributed by atoms with van der Waals surface area (Å²) in [6.45, 7) is 1.42. The van der Waals surface area contributed by atoms with Crippen molar-refractivity contribution in [2.24, 2.45) is 0 Å². The molecular weight excluding hydrogens is 345 g/mol. The summed E-state index contributed by atoms with van der Waals surface area (Å²) in [6, 6.07) is 15.7. The molecule has 2 N–H and O–H groups in total. The highest BCUT2D eigenvalue weighted by Gasteiger charge is 2.18. The number of rotatable bonds is 5. The molecule has 1 aromatic heterocycles. The molecule has 5 nitrogen and oxygen atoms in total. The number of hydrogen-bond acceptors (Lipinski definition) is 3. The van der Waals surface area contributed by atoms with E-state index in [1.54, 1.807) is 60.9 Å². The molecule has 0 aliphatic heterocycles. The number of amides is 2. The van der Waals surface area contributed by atoms with Crippen molar-refractivity contribution in [3.8, 4) is 0 Å². The lowest BCUT2D eigenvalue weighted by atomic mass is 9.99. The van der Waals surface area contributed by atoms with E-state index < -0.39 is 6.04 Å². The lowest BCUT2D eigenvalue weighted by Crippen LogP contribution is -2.29. The van der Waals surface area contributed by atoms with Gasteiger partial charge in [0.25, 0.3) is 5.91 Å². The lowest BCUT2D eigenvalue weighted by molar-refractivity contribution is -0.114. The van der Waals surface area contributed by atoms with Crippen LogP contribution in [0.4, 0.5) is 10.1 Å². The smallest absolute Gasteiger partial charge is 0.252 e. The number of carbonyl (C=O) groups is 2. The van der Waals surface area contributed by atoms with Crippen LogP contribution in [0.25, 0.3) is 0 Å². The average Bonchev–Trinajstić information content (AvgIpc) is 2.67. The highest BCUT2D eigenvalue weighted by Crippen LogP contribution is 2.23. The summed E-state index contributed by atoms with van der Waals surface area (Å²) in [5, 5.41) is 5.62. The van der Waals surface area contributed by atoms with E-state index in [1.165, 1.54) is 19.1 Å². The van der Waals surface area contributed by atoms with E-state index in [-0.39, 0.29) is 17.6 Å². The third-order valence-electron chi connectivity index (χ3n) is 3.99. The molecule has 0 bridgehead atoms. The third kappa shape index (κ3) is 4.76. The zero-order chi connectivity index (χ0) is 19.2. The summed E-state index contributed by atoms with van der Waals surface area (Å²) in [7, 11) is 0. The largest absolute Gasteiger partial charge is 0.341 e. The Morgan fingerprint density at radius 2 is 1.48 bits per heavy atom. The molecular formula is C21H18FN3O2. The van der Waals surface area contributed by atoms with Crippen LogP contribution in [0.1, 0.15) is 34.5 Å². The summed E-state index contributed by atoms with van der Waals surface area (Å²) >= 11 is 0. The molecule has 0 aliphatic rings. The highest BCUT2D eigenvalue weighted by molar-refractivity contribution is 5.96. The van der Waals surface area contributed by atoms with Gasteiger partial charge >= 0.3 is 0 Å². The van der Waals surface area contributed by atoms with E-state index in [4.69, 9.17) is 0 Å². The maximum Gasteiger partial charge on any atom is 0.252 e. The molecule has 0 fully saturated rings. The Hall–Kier alpha value is -3.54. The monoisotopic (exact) mass is 363 g/mol. The number of halogens is 1. The van der Waals surface area contributed by atoms with Crippen LogP contribution in [0.5, 0.6) is 0 Å². The topological polar surface area (TPSA) is 71.1 Å². The van der Waals surface area contributed by atoms with Crippen molar-refractivity contribution in [3.63, 3.8) is 0 Å². The zero-order valence-corrected chi connectivity index (χ0v) is 14.6. The fourth-order valence-corrected chi connectivity index (χ4v) is 2.69. The quantitative estimate of drug-likeness (QED) is 0.726. The minimum absolute atomic E-state index is 0.179. The van der Waals surface area contributed by atoms with Gasteiger partial charge in [-0.2, -0.15) is 0 Å². The SMILES string of the molecule is CC(=O)Nc1ccc(C(=O)N[C@@H](c2ccncc2)c2ccc(F)cc2)cc1. The Balaban J connectivity index is 1.84. The van der Waals surface area contributed by atoms with Gasteiger partial charge < -0.3 is 10.6 Å². The number of carbonyl (C=O) groups excluding carboxylic acids is 2. The molecule has 0 unspecified atom stereocenters. The van der Waals surface area contributed by atoms with E-state index in [1.807, 2.05) is 0 Å². The molecule has 1 atom stereocenters. The molecule has 2 aromatic carbocycles. The highest BCUT2D eigenvalue weighted by atomic mass is 19.1. The van der Waals surface area contributed by atoms with E-state index in [0.29, 0.717) is 11.3 Å². The maximum absolute atomic E-state index is 13.3. The summed E-state index contributed by atoms with van der Waals surface area (Å²) in [6.07, 6.45) is 3.28. The van der Waals surface area contributed by atoms with Crippen LogP contribution in [0.15, 0.2) is 73.1 Å². The Morgan fingerprint density at radius 3 is 2.07 bits per heavy atom. The van der Waals surface area contributed by atoms with Gasteiger partial charge in [0.1, 0.15) is 5.82 Å². The molecule has 0 saturated carbocycles. The standard InChI is InChI=1S/C21H18FN3O2/c1-14(26)24-19-8-4-17(5-9-19)21(27)25-20(16-10-12-23-13-11-16)15-2-6-18(22)7-3-15/h2-13,20H,1H3,(H,24,26)(H,25,27)/t20-/m1/s1. The van der Waals surface area contributed by atoms with E-state index >= 15 is 0 Å². The van der Waals surface area contributed by atoms with E-state index in [9.17, 15) is 14.0 Å². The first-order valence-electron chi connectivity index (χ1n) is 8.37. The second-order valence-electron chi connectivity index (χ2n) is 6.00. The van der Waals surface area contributed by atoms with Gasteiger partial charge in [0, 0.05) is 30.6 Å². The van der Waals surface area contributed by atoms with Crippen LogP contribution in [0.3, 0.4) is 0 Å². The minimum atomic E-state index is -0.448. The molecule has 0 aliphatic carbocycles.